The van der Waals surface area contributed by atoms with E-state index < -0.39 is 18.1 Å². The average Bonchev–Trinajstić information content (AvgIpc) is 1.98. The van der Waals surface area contributed by atoms with Gasteiger partial charge in [-0.15, -0.1) is 0 Å². The van der Waals surface area contributed by atoms with E-state index in [2.05, 4.69) is 4.74 Å². The maximum Gasteiger partial charge on any atom is 0.325 e. The Morgan fingerprint density at radius 1 is 1.88 bits per heavy atom. The summed E-state index contributed by atoms with van der Waals surface area (Å²) in [5, 5.41) is 8.70. The van der Waals surface area contributed by atoms with Crippen molar-refractivity contribution < 1.29 is 14.6 Å². The van der Waals surface area contributed by atoms with Crippen LogP contribution in [0.3, 0.4) is 0 Å². The summed E-state index contributed by atoms with van der Waals surface area (Å²) in [5.74, 6) is -0.516. The molecule has 8 heavy (non-hydrogen) atoms. The van der Waals surface area contributed by atoms with Crippen molar-refractivity contribution in [3.63, 3.8) is 0 Å². The van der Waals surface area contributed by atoms with Crippen molar-refractivity contribution in [2.24, 2.45) is 5.73 Å². The maximum absolute atomic E-state index is 10.3. The molecule has 4 heteroatoms. The molecule has 1 aliphatic heterocycles. The number of nitrogens with two attached hydrogens (primary N) is 1. The monoisotopic (exact) mass is 117 g/mol. The van der Waals surface area contributed by atoms with Crippen molar-refractivity contribution in [2.45, 2.75) is 12.1 Å². The van der Waals surface area contributed by atoms with E-state index in [-0.39, 0.29) is 6.61 Å². The molecule has 1 aliphatic rings. The van der Waals surface area contributed by atoms with Gasteiger partial charge < -0.3 is 15.6 Å². The third-order valence-electron chi connectivity index (χ3n) is 1.08. The van der Waals surface area contributed by atoms with Gasteiger partial charge >= 0.3 is 5.97 Å². The van der Waals surface area contributed by atoms with Crippen molar-refractivity contribution >= 4 is 5.97 Å². The van der Waals surface area contributed by atoms with Gasteiger partial charge in [-0.1, -0.05) is 0 Å². The fourth-order valence-corrected chi connectivity index (χ4v) is 0.524. The van der Waals surface area contributed by atoms with Gasteiger partial charge in [0.25, 0.3) is 0 Å². The van der Waals surface area contributed by atoms with Gasteiger partial charge in [0.15, 0.2) is 0 Å². The van der Waals surface area contributed by atoms with Crippen LogP contribution in [0.4, 0.5) is 0 Å². The minimum atomic E-state index is -0.824. The number of hydrogen-bond donors (Lipinski definition) is 2. The molecule has 3 N–H and O–H groups in total. The molecule has 0 amide bonds. The largest absolute Gasteiger partial charge is 0.462 e. The summed E-state index contributed by atoms with van der Waals surface area (Å²) in [5.41, 5.74) is 5.10. The summed E-state index contributed by atoms with van der Waals surface area (Å²) in [6.45, 7) is 0.0417. The van der Waals surface area contributed by atoms with Crippen LogP contribution in [-0.2, 0) is 9.53 Å². The summed E-state index contributed by atoms with van der Waals surface area (Å²) < 4.78 is 4.36. The number of carbonyl (C=O) groups excluding carboxylic acids is 1. The van der Waals surface area contributed by atoms with Gasteiger partial charge in [0.2, 0.25) is 0 Å². The average molecular weight is 117 g/mol. The van der Waals surface area contributed by atoms with Gasteiger partial charge in [0.1, 0.15) is 18.8 Å². The summed E-state index contributed by atoms with van der Waals surface area (Å²) in [6.07, 6.45) is -0.803. The van der Waals surface area contributed by atoms with Gasteiger partial charge in [-0.25, -0.2) is 0 Å². The Hall–Kier alpha value is -0.610. The maximum atomic E-state index is 10.3. The molecular formula is C4H7NO3. The Balaban J connectivity index is 2.56. The lowest BCUT2D eigenvalue weighted by molar-refractivity contribution is -0.139. The molecule has 1 fully saturated rings. The third kappa shape index (κ3) is 0.677. The second kappa shape index (κ2) is 1.72. The van der Waals surface area contributed by atoms with E-state index in [4.69, 9.17) is 10.8 Å². The lowest BCUT2D eigenvalue weighted by Crippen LogP contribution is -2.35. The Labute approximate surface area is 46.2 Å². The zero-order valence-corrected chi connectivity index (χ0v) is 4.20. The van der Waals surface area contributed by atoms with Crippen molar-refractivity contribution in [1.29, 1.82) is 0 Å². The van der Waals surface area contributed by atoms with E-state index >= 15 is 0 Å². The first-order valence-corrected chi connectivity index (χ1v) is 2.32. The molecule has 0 aromatic heterocycles. The SMILES string of the molecule is N[C@H]1C(=O)OC[C@H]1O. The quantitative estimate of drug-likeness (QED) is 0.368. The summed E-state index contributed by atoms with van der Waals surface area (Å²) in [7, 11) is 0. The third-order valence-corrected chi connectivity index (χ3v) is 1.08. The zero-order chi connectivity index (χ0) is 6.15. The number of aliphatic hydroxyl groups excluding tert-OH is 1. The van der Waals surface area contributed by atoms with Crippen LogP contribution in [0.15, 0.2) is 0 Å². The Kier molecular flexibility index (Phi) is 1.19. The van der Waals surface area contributed by atoms with Crippen LogP contribution < -0.4 is 5.73 Å². The molecular weight excluding hydrogens is 110 g/mol. The molecule has 0 unspecified atom stereocenters. The smallest absolute Gasteiger partial charge is 0.325 e. The molecule has 0 radical (unpaired) electrons. The minimum absolute atomic E-state index is 0.0417. The Bertz CT molecular complexity index is 114. The zero-order valence-electron chi connectivity index (χ0n) is 4.20. The van der Waals surface area contributed by atoms with E-state index in [0.29, 0.717) is 0 Å². The molecule has 4 nitrogen and oxygen atoms in total. The Morgan fingerprint density at radius 3 is 2.62 bits per heavy atom. The lowest BCUT2D eigenvalue weighted by atomic mass is 10.2. The van der Waals surface area contributed by atoms with E-state index in [0.717, 1.165) is 0 Å². The number of aliphatic hydroxyl groups is 1. The molecule has 46 valence electrons. The number of hydrogen-bond acceptors (Lipinski definition) is 4. The molecule has 0 bridgehead atoms. The second-order valence-corrected chi connectivity index (χ2v) is 1.72. The number of esters is 1. The highest BCUT2D eigenvalue weighted by Crippen LogP contribution is 2.02. The van der Waals surface area contributed by atoms with Crippen molar-refractivity contribution in [3.05, 3.63) is 0 Å². The van der Waals surface area contributed by atoms with Crippen molar-refractivity contribution in [1.82, 2.24) is 0 Å². The molecule has 0 aliphatic carbocycles. The molecule has 1 heterocycles. The van der Waals surface area contributed by atoms with Crippen LogP contribution in [0, 0.1) is 0 Å². The first-order chi connectivity index (χ1) is 3.72. The fraction of sp³-hybridized carbons (Fsp3) is 0.750. The van der Waals surface area contributed by atoms with Crippen molar-refractivity contribution in [2.75, 3.05) is 6.61 Å². The number of carbonyl (C=O) groups is 1. The summed E-state index contributed by atoms with van der Waals surface area (Å²) >= 11 is 0. The highest BCUT2D eigenvalue weighted by atomic mass is 16.6. The predicted octanol–water partition coefficient (Wildman–Crippen LogP) is -1.77. The first-order valence-electron chi connectivity index (χ1n) is 2.32. The number of ether oxygens (including phenoxy) is 1. The lowest BCUT2D eigenvalue weighted by Gasteiger charge is -1.98. The van der Waals surface area contributed by atoms with Gasteiger partial charge in [-0.2, -0.15) is 0 Å². The molecule has 0 aromatic rings. The van der Waals surface area contributed by atoms with E-state index in [1.54, 1.807) is 0 Å². The molecule has 0 spiro atoms. The van der Waals surface area contributed by atoms with E-state index in [9.17, 15) is 4.79 Å². The molecule has 2 atom stereocenters. The van der Waals surface area contributed by atoms with E-state index in [1.807, 2.05) is 0 Å². The highest BCUT2D eigenvalue weighted by molar-refractivity contribution is 5.78. The van der Waals surface area contributed by atoms with Gasteiger partial charge in [0, 0.05) is 0 Å². The summed E-state index contributed by atoms with van der Waals surface area (Å²) in [4.78, 5) is 10.3. The van der Waals surface area contributed by atoms with Crippen LogP contribution in [0.25, 0.3) is 0 Å². The van der Waals surface area contributed by atoms with Gasteiger partial charge in [-0.05, 0) is 0 Å². The van der Waals surface area contributed by atoms with Gasteiger partial charge in [-0.3, -0.25) is 4.79 Å². The number of rotatable bonds is 0. The van der Waals surface area contributed by atoms with Crippen LogP contribution in [0.1, 0.15) is 0 Å². The molecule has 0 saturated carbocycles. The highest BCUT2D eigenvalue weighted by Gasteiger charge is 2.31. The Morgan fingerprint density at radius 2 is 2.50 bits per heavy atom. The fourth-order valence-electron chi connectivity index (χ4n) is 0.524. The van der Waals surface area contributed by atoms with Crippen LogP contribution in [0.2, 0.25) is 0 Å². The van der Waals surface area contributed by atoms with E-state index in [1.165, 1.54) is 0 Å². The molecule has 1 saturated heterocycles. The predicted molar refractivity (Wildman–Crippen MR) is 24.9 cm³/mol. The van der Waals surface area contributed by atoms with Crippen molar-refractivity contribution in [3.8, 4) is 0 Å². The van der Waals surface area contributed by atoms with Gasteiger partial charge in [0.05, 0.1) is 0 Å². The normalized spacial score (nSPS) is 37.5. The van der Waals surface area contributed by atoms with Crippen LogP contribution in [-0.4, -0.2) is 29.8 Å². The molecule has 0 aromatic carbocycles. The van der Waals surface area contributed by atoms with Crippen LogP contribution >= 0.6 is 0 Å². The molecule has 1 rings (SSSR count). The standard InChI is InChI=1S/C4H7NO3/c5-3-2(6)1-8-4(3)7/h2-3,6H,1,5H2/t2-,3-/m1/s1. The summed E-state index contributed by atoms with van der Waals surface area (Å²) in [6, 6.07) is -0.824. The number of cyclic esters (lactones) is 1. The second-order valence-electron chi connectivity index (χ2n) is 1.72. The first kappa shape index (κ1) is 5.53. The topological polar surface area (TPSA) is 72.6 Å². The minimum Gasteiger partial charge on any atom is -0.462 e. The van der Waals surface area contributed by atoms with Crippen LogP contribution in [0.5, 0.6) is 0 Å².